The molecule has 3 rings (SSSR count). The molecule has 0 bridgehead atoms. The molecule has 3 aromatic rings. The Hall–Kier alpha value is -3.42. The van der Waals surface area contributed by atoms with E-state index in [2.05, 4.69) is 15.5 Å². The minimum Gasteiger partial charge on any atom is -0.495 e. The molecule has 8 nitrogen and oxygen atoms in total. The standard InChI is InChI=1S/C20H23N5O3/c1-12-6-7-17(28-5)16(10-12)21-20(27)15(4)25-19(26)9-8-18(23-25)24-14(3)11-13(2)22-24/h6-11,15H,1-5H3,(H,21,27). The van der Waals surface area contributed by atoms with E-state index in [1.165, 1.54) is 13.2 Å². The molecule has 0 fully saturated rings. The number of methoxy groups -OCH3 is 1. The fourth-order valence-corrected chi connectivity index (χ4v) is 2.93. The minimum atomic E-state index is -0.824. The Kier molecular flexibility index (Phi) is 5.30. The molecule has 146 valence electrons. The lowest BCUT2D eigenvalue weighted by Gasteiger charge is -2.17. The van der Waals surface area contributed by atoms with Gasteiger partial charge in [-0.15, -0.1) is 5.10 Å². The molecule has 28 heavy (non-hydrogen) atoms. The third-order valence-electron chi connectivity index (χ3n) is 4.40. The molecule has 2 aromatic heterocycles. The maximum atomic E-state index is 12.8. The Bertz CT molecular complexity index is 1080. The highest BCUT2D eigenvalue weighted by Crippen LogP contribution is 2.26. The van der Waals surface area contributed by atoms with E-state index >= 15 is 0 Å². The maximum Gasteiger partial charge on any atom is 0.267 e. The molecule has 1 unspecified atom stereocenters. The normalized spacial score (nSPS) is 11.9. The fraction of sp³-hybridized carbons (Fsp3) is 0.300. The van der Waals surface area contributed by atoms with Crippen LogP contribution < -0.4 is 15.6 Å². The van der Waals surface area contributed by atoms with Crippen molar-refractivity contribution >= 4 is 11.6 Å². The van der Waals surface area contributed by atoms with Crippen LogP contribution in [0.1, 0.15) is 29.9 Å². The third kappa shape index (κ3) is 3.80. The summed E-state index contributed by atoms with van der Waals surface area (Å²) in [5.41, 5.74) is 2.88. The van der Waals surface area contributed by atoms with Crippen molar-refractivity contribution in [1.29, 1.82) is 0 Å². The summed E-state index contributed by atoms with van der Waals surface area (Å²) in [6, 6.07) is 9.55. The predicted octanol–water partition coefficient (Wildman–Crippen LogP) is 2.56. The highest BCUT2D eigenvalue weighted by Gasteiger charge is 2.20. The van der Waals surface area contributed by atoms with Crippen LogP contribution in [0.3, 0.4) is 0 Å². The van der Waals surface area contributed by atoms with Gasteiger partial charge in [0.2, 0.25) is 5.91 Å². The molecule has 0 spiro atoms. The van der Waals surface area contributed by atoms with Crippen molar-refractivity contribution < 1.29 is 9.53 Å². The van der Waals surface area contributed by atoms with Gasteiger partial charge in [-0.1, -0.05) is 6.07 Å². The molecule has 0 aliphatic rings. The number of aryl methyl sites for hydroxylation is 3. The predicted molar refractivity (Wildman–Crippen MR) is 106 cm³/mol. The SMILES string of the molecule is COc1ccc(C)cc1NC(=O)C(C)n1nc(-n2nc(C)cc2C)ccc1=O. The number of nitrogens with one attached hydrogen (secondary N) is 1. The Morgan fingerprint density at radius 2 is 1.86 bits per heavy atom. The molecular formula is C20H23N5O3. The van der Waals surface area contributed by atoms with Crippen LogP contribution >= 0.6 is 0 Å². The van der Waals surface area contributed by atoms with Gasteiger partial charge in [-0.2, -0.15) is 5.10 Å². The number of ether oxygens (including phenoxy) is 1. The van der Waals surface area contributed by atoms with Crippen LogP contribution in [0.5, 0.6) is 5.75 Å². The number of carbonyl (C=O) groups excluding carboxylic acids is 1. The van der Waals surface area contributed by atoms with Gasteiger partial charge in [0.1, 0.15) is 11.8 Å². The fourth-order valence-electron chi connectivity index (χ4n) is 2.93. The summed E-state index contributed by atoms with van der Waals surface area (Å²) in [5.74, 6) is 0.643. The van der Waals surface area contributed by atoms with E-state index in [0.717, 1.165) is 21.6 Å². The zero-order valence-electron chi connectivity index (χ0n) is 16.6. The lowest BCUT2D eigenvalue weighted by Crippen LogP contribution is -2.33. The van der Waals surface area contributed by atoms with Gasteiger partial charge in [0.05, 0.1) is 18.5 Å². The highest BCUT2D eigenvalue weighted by molar-refractivity contribution is 5.94. The average molecular weight is 381 g/mol. The molecule has 0 aliphatic heterocycles. The van der Waals surface area contributed by atoms with Crippen molar-refractivity contribution in [3.05, 3.63) is 63.7 Å². The first-order valence-corrected chi connectivity index (χ1v) is 8.89. The van der Waals surface area contributed by atoms with E-state index in [-0.39, 0.29) is 11.5 Å². The van der Waals surface area contributed by atoms with Crippen molar-refractivity contribution in [3.8, 4) is 11.6 Å². The number of carbonyl (C=O) groups is 1. The molecule has 0 radical (unpaired) electrons. The summed E-state index contributed by atoms with van der Waals surface area (Å²) in [5, 5.41) is 11.5. The van der Waals surface area contributed by atoms with Crippen molar-refractivity contribution in [3.63, 3.8) is 0 Å². The van der Waals surface area contributed by atoms with E-state index in [4.69, 9.17) is 4.74 Å². The quantitative estimate of drug-likeness (QED) is 0.733. The number of nitrogens with zero attached hydrogens (tertiary/aromatic N) is 4. The molecule has 1 atom stereocenters. The molecule has 2 heterocycles. The van der Waals surface area contributed by atoms with Crippen LogP contribution in [0.15, 0.2) is 41.2 Å². The number of hydrogen-bond acceptors (Lipinski definition) is 5. The number of amides is 1. The van der Waals surface area contributed by atoms with Crippen molar-refractivity contribution in [2.75, 3.05) is 12.4 Å². The molecule has 1 amide bonds. The Balaban J connectivity index is 1.92. The highest BCUT2D eigenvalue weighted by atomic mass is 16.5. The molecule has 8 heteroatoms. The smallest absolute Gasteiger partial charge is 0.267 e. The largest absolute Gasteiger partial charge is 0.495 e. The molecule has 1 N–H and O–H groups in total. The Labute approximate surface area is 162 Å². The zero-order chi connectivity index (χ0) is 20.4. The Morgan fingerprint density at radius 3 is 2.50 bits per heavy atom. The van der Waals surface area contributed by atoms with Gasteiger partial charge in [0.25, 0.3) is 5.56 Å². The topological polar surface area (TPSA) is 91.0 Å². The average Bonchev–Trinajstić information content (AvgIpc) is 3.00. The van der Waals surface area contributed by atoms with Crippen LogP contribution in [0.4, 0.5) is 5.69 Å². The second kappa shape index (κ2) is 7.67. The van der Waals surface area contributed by atoms with Crippen LogP contribution in [0.2, 0.25) is 0 Å². The van der Waals surface area contributed by atoms with Crippen molar-refractivity contribution in [2.45, 2.75) is 33.7 Å². The summed E-state index contributed by atoms with van der Waals surface area (Å²) < 4.78 is 8.09. The summed E-state index contributed by atoms with van der Waals surface area (Å²) in [6.45, 7) is 7.32. The van der Waals surface area contributed by atoms with E-state index in [0.29, 0.717) is 17.3 Å². The van der Waals surface area contributed by atoms with Gasteiger partial charge in [0.15, 0.2) is 5.82 Å². The first-order chi connectivity index (χ1) is 13.3. The number of anilines is 1. The van der Waals surface area contributed by atoms with Gasteiger partial charge < -0.3 is 10.1 Å². The summed E-state index contributed by atoms with van der Waals surface area (Å²) in [6.07, 6.45) is 0. The van der Waals surface area contributed by atoms with E-state index < -0.39 is 6.04 Å². The van der Waals surface area contributed by atoms with E-state index in [9.17, 15) is 9.59 Å². The third-order valence-corrected chi connectivity index (χ3v) is 4.40. The summed E-state index contributed by atoms with van der Waals surface area (Å²) in [7, 11) is 1.54. The van der Waals surface area contributed by atoms with Crippen LogP contribution in [-0.2, 0) is 4.79 Å². The monoisotopic (exact) mass is 381 g/mol. The molecule has 0 saturated carbocycles. The second-order valence-corrected chi connectivity index (χ2v) is 6.68. The number of benzene rings is 1. The van der Waals surface area contributed by atoms with E-state index in [1.807, 2.05) is 39.0 Å². The Morgan fingerprint density at radius 1 is 1.11 bits per heavy atom. The van der Waals surface area contributed by atoms with Crippen LogP contribution in [0.25, 0.3) is 5.82 Å². The van der Waals surface area contributed by atoms with Crippen molar-refractivity contribution in [2.24, 2.45) is 0 Å². The molecule has 1 aromatic carbocycles. The van der Waals surface area contributed by atoms with Gasteiger partial charge >= 0.3 is 0 Å². The lowest BCUT2D eigenvalue weighted by atomic mass is 10.2. The zero-order valence-corrected chi connectivity index (χ0v) is 16.6. The maximum absolute atomic E-state index is 12.8. The van der Waals surface area contributed by atoms with Crippen molar-refractivity contribution in [1.82, 2.24) is 19.6 Å². The number of rotatable bonds is 5. The lowest BCUT2D eigenvalue weighted by molar-refractivity contribution is -0.119. The van der Waals surface area contributed by atoms with Gasteiger partial charge in [-0.05, 0) is 57.5 Å². The molecule has 0 saturated heterocycles. The summed E-state index contributed by atoms with van der Waals surface area (Å²) >= 11 is 0. The first kappa shape index (κ1) is 19.3. The minimum absolute atomic E-state index is 0.371. The number of hydrogen-bond donors (Lipinski definition) is 1. The second-order valence-electron chi connectivity index (χ2n) is 6.68. The van der Waals surface area contributed by atoms with Gasteiger partial charge in [-0.3, -0.25) is 9.59 Å². The van der Waals surface area contributed by atoms with Gasteiger partial charge in [0, 0.05) is 11.8 Å². The van der Waals surface area contributed by atoms with Gasteiger partial charge in [-0.25, -0.2) is 9.36 Å². The van der Waals surface area contributed by atoms with Crippen LogP contribution in [0, 0.1) is 20.8 Å². The van der Waals surface area contributed by atoms with Crippen LogP contribution in [-0.4, -0.2) is 32.6 Å². The number of aromatic nitrogens is 4. The molecular weight excluding hydrogens is 358 g/mol. The van der Waals surface area contributed by atoms with E-state index in [1.54, 1.807) is 23.7 Å². The molecule has 0 aliphatic carbocycles. The first-order valence-electron chi connectivity index (χ1n) is 8.89. The summed E-state index contributed by atoms with van der Waals surface area (Å²) in [4.78, 5) is 25.1.